The highest BCUT2D eigenvalue weighted by Crippen LogP contribution is 2.66. The van der Waals surface area contributed by atoms with E-state index in [1.807, 2.05) is 36.4 Å². The normalized spacial score (nSPS) is 20.1. The van der Waals surface area contributed by atoms with Crippen LogP contribution < -0.4 is 33.2 Å². The first-order valence-electron chi connectivity index (χ1n) is 13.5. The molecule has 0 radical (unpaired) electrons. The van der Waals surface area contributed by atoms with E-state index in [0.29, 0.717) is 0 Å². The molecule has 0 fully saturated rings. The van der Waals surface area contributed by atoms with Gasteiger partial charge in [-0.1, -0.05) is 18.2 Å². The summed E-state index contributed by atoms with van der Waals surface area (Å²) in [6.07, 6.45) is -0.293. The Hall–Kier alpha value is -4.52. The van der Waals surface area contributed by atoms with Gasteiger partial charge in [0, 0.05) is 41.5 Å². The molecule has 4 atom stereocenters. The zero-order chi connectivity index (χ0) is 28.7. The van der Waals surface area contributed by atoms with Crippen LogP contribution in [0.4, 0.5) is 0 Å². The average Bonchev–Trinajstić information content (AvgIpc) is 3.38. The Bertz CT molecular complexity index is 1540. The van der Waals surface area contributed by atoms with Crippen LogP contribution in [0.1, 0.15) is 51.7 Å². The number of methoxy groups -OCH3 is 6. The highest BCUT2D eigenvalue weighted by atomic mass is 16.5. The largest absolute Gasteiger partial charge is 0.497 e. The first-order chi connectivity index (χ1) is 20.0. The summed E-state index contributed by atoms with van der Waals surface area (Å²) in [5, 5.41) is 0. The van der Waals surface area contributed by atoms with Gasteiger partial charge in [0.25, 0.3) is 0 Å². The van der Waals surface area contributed by atoms with E-state index in [2.05, 4.69) is 36.4 Å². The predicted molar refractivity (Wildman–Crippen MR) is 156 cm³/mol. The summed E-state index contributed by atoms with van der Waals surface area (Å²) in [4.78, 5) is 0. The van der Waals surface area contributed by atoms with E-state index in [4.69, 9.17) is 33.2 Å². The van der Waals surface area contributed by atoms with Crippen LogP contribution in [0.3, 0.4) is 0 Å². The molecule has 1 aliphatic carbocycles. The van der Waals surface area contributed by atoms with Crippen LogP contribution in [0.5, 0.6) is 40.2 Å². The van der Waals surface area contributed by atoms with Gasteiger partial charge in [0.05, 0.1) is 42.7 Å². The van der Waals surface area contributed by atoms with Gasteiger partial charge in [-0.2, -0.15) is 0 Å². The molecule has 4 aromatic rings. The van der Waals surface area contributed by atoms with Crippen molar-refractivity contribution in [1.29, 1.82) is 0 Å². The van der Waals surface area contributed by atoms with Crippen LogP contribution in [0.2, 0.25) is 0 Å². The van der Waals surface area contributed by atoms with Crippen LogP contribution >= 0.6 is 0 Å². The van der Waals surface area contributed by atoms with Gasteiger partial charge in [-0.05, 0) is 58.7 Å². The summed E-state index contributed by atoms with van der Waals surface area (Å²) in [6.45, 7) is 0. The third-order valence-corrected chi connectivity index (χ3v) is 8.36. The van der Waals surface area contributed by atoms with Crippen molar-refractivity contribution in [2.75, 3.05) is 42.7 Å². The molecule has 0 bridgehead atoms. The molecule has 0 saturated carbocycles. The minimum Gasteiger partial charge on any atom is -0.497 e. The average molecular weight is 555 g/mol. The number of ether oxygens (including phenoxy) is 7. The number of fused-ring (bicyclic) bond motifs is 5. The van der Waals surface area contributed by atoms with E-state index in [0.717, 1.165) is 68.1 Å². The molecule has 1 heterocycles. The summed E-state index contributed by atoms with van der Waals surface area (Å²) in [5.74, 6) is 5.15. The molecule has 4 aromatic carbocycles. The Labute approximate surface area is 240 Å². The van der Waals surface area contributed by atoms with Crippen LogP contribution in [-0.4, -0.2) is 42.7 Å². The van der Waals surface area contributed by atoms with Gasteiger partial charge in [0.15, 0.2) is 0 Å². The maximum Gasteiger partial charge on any atom is 0.131 e. The van der Waals surface area contributed by atoms with Crippen molar-refractivity contribution in [3.63, 3.8) is 0 Å². The van der Waals surface area contributed by atoms with Gasteiger partial charge < -0.3 is 33.2 Å². The van der Waals surface area contributed by atoms with Gasteiger partial charge in [0.2, 0.25) is 0 Å². The lowest BCUT2D eigenvalue weighted by molar-refractivity contribution is 0.135. The summed E-state index contributed by atoms with van der Waals surface area (Å²) in [6, 6.07) is 24.3. The standard InChI is InChI=1S/C34H34O7/c1-35-21-9-7-19(8-10-21)34-33-27-16-25(39-5)18-29(40-6)31(27)30(20-13-23(37-3)15-24(14-20)38-4)32(33)26-12-11-22(36-2)17-28(26)41-34/h7-18,30,32-34H,1-6H3/t30-,32+,33+,34-/m0/s1. The zero-order valence-electron chi connectivity index (χ0n) is 24.1. The van der Waals surface area contributed by atoms with Gasteiger partial charge in [-0.15, -0.1) is 0 Å². The Morgan fingerprint density at radius 3 is 1.71 bits per heavy atom. The molecule has 7 heteroatoms. The van der Waals surface area contributed by atoms with Gasteiger partial charge in [-0.25, -0.2) is 0 Å². The molecule has 6 rings (SSSR count). The van der Waals surface area contributed by atoms with Crippen molar-refractivity contribution in [2.45, 2.75) is 23.9 Å². The molecule has 212 valence electrons. The number of hydrogen-bond donors (Lipinski definition) is 0. The van der Waals surface area contributed by atoms with Crippen LogP contribution in [-0.2, 0) is 0 Å². The minimum absolute atomic E-state index is 0.00424. The Morgan fingerprint density at radius 2 is 1.10 bits per heavy atom. The molecule has 0 N–H and O–H groups in total. The van der Waals surface area contributed by atoms with Crippen molar-refractivity contribution in [2.24, 2.45) is 0 Å². The molecule has 7 nitrogen and oxygen atoms in total. The molecule has 0 amide bonds. The van der Waals surface area contributed by atoms with Crippen molar-refractivity contribution in [1.82, 2.24) is 0 Å². The highest BCUT2D eigenvalue weighted by molar-refractivity contribution is 5.64. The second kappa shape index (κ2) is 10.8. The Kier molecular flexibility index (Phi) is 7.03. The van der Waals surface area contributed by atoms with Gasteiger partial charge >= 0.3 is 0 Å². The summed E-state index contributed by atoms with van der Waals surface area (Å²) in [5.41, 5.74) is 5.44. The highest BCUT2D eigenvalue weighted by Gasteiger charge is 2.52. The molecule has 2 aliphatic rings. The van der Waals surface area contributed by atoms with E-state index in [9.17, 15) is 0 Å². The number of rotatable bonds is 8. The van der Waals surface area contributed by atoms with Crippen LogP contribution in [0.25, 0.3) is 0 Å². The van der Waals surface area contributed by atoms with E-state index < -0.39 is 0 Å². The van der Waals surface area contributed by atoms with E-state index in [1.54, 1.807) is 42.7 Å². The van der Waals surface area contributed by atoms with Gasteiger partial charge in [-0.3, -0.25) is 0 Å². The molecule has 0 spiro atoms. The number of hydrogen-bond acceptors (Lipinski definition) is 7. The third kappa shape index (κ3) is 4.46. The van der Waals surface area contributed by atoms with E-state index >= 15 is 0 Å². The molecule has 0 aromatic heterocycles. The fourth-order valence-corrected chi connectivity index (χ4v) is 6.50. The molecule has 0 saturated heterocycles. The third-order valence-electron chi connectivity index (χ3n) is 8.36. The fourth-order valence-electron chi connectivity index (χ4n) is 6.50. The molecule has 0 unspecified atom stereocenters. The first-order valence-corrected chi connectivity index (χ1v) is 13.5. The second-order valence-corrected chi connectivity index (χ2v) is 10.2. The van der Waals surface area contributed by atoms with E-state index in [-0.39, 0.29) is 23.9 Å². The molecular formula is C34H34O7. The molecular weight excluding hydrogens is 520 g/mol. The quantitative estimate of drug-likeness (QED) is 0.235. The Morgan fingerprint density at radius 1 is 0.488 bits per heavy atom. The second-order valence-electron chi connectivity index (χ2n) is 10.2. The summed E-state index contributed by atoms with van der Waals surface area (Å²) < 4.78 is 41.1. The van der Waals surface area contributed by atoms with Crippen molar-refractivity contribution >= 4 is 0 Å². The molecule has 1 aliphatic heterocycles. The van der Waals surface area contributed by atoms with Crippen molar-refractivity contribution in [3.05, 3.63) is 101 Å². The van der Waals surface area contributed by atoms with Crippen LogP contribution in [0.15, 0.2) is 72.8 Å². The smallest absolute Gasteiger partial charge is 0.131 e. The predicted octanol–water partition coefficient (Wildman–Crippen LogP) is 6.88. The van der Waals surface area contributed by atoms with Gasteiger partial charge in [0.1, 0.15) is 46.4 Å². The van der Waals surface area contributed by atoms with Crippen molar-refractivity contribution in [3.8, 4) is 40.2 Å². The topological polar surface area (TPSA) is 64.6 Å². The monoisotopic (exact) mass is 554 g/mol. The lowest BCUT2D eigenvalue weighted by Gasteiger charge is -2.39. The lowest BCUT2D eigenvalue weighted by Crippen LogP contribution is -2.27. The Balaban J connectivity index is 1.65. The van der Waals surface area contributed by atoms with Crippen molar-refractivity contribution < 1.29 is 33.2 Å². The molecule has 41 heavy (non-hydrogen) atoms. The van der Waals surface area contributed by atoms with Crippen LogP contribution in [0, 0.1) is 0 Å². The number of benzene rings is 4. The maximum atomic E-state index is 6.87. The summed E-state index contributed by atoms with van der Waals surface area (Å²) >= 11 is 0. The fraction of sp³-hybridized carbons (Fsp3) is 0.294. The zero-order valence-corrected chi connectivity index (χ0v) is 24.1. The summed E-state index contributed by atoms with van der Waals surface area (Å²) in [7, 11) is 10.1. The van der Waals surface area contributed by atoms with E-state index in [1.165, 1.54) is 0 Å². The first kappa shape index (κ1) is 26.7. The SMILES string of the molecule is COc1ccc([C@@H]2Oc3cc(OC)ccc3[C@@H]3[C@@H](c4cc(OC)cc(OC)c4)c4c(OC)cc(OC)cc4[C@H]32)cc1. The lowest BCUT2D eigenvalue weighted by atomic mass is 9.73. The maximum absolute atomic E-state index is 6.87. The minimum atomic E-state index is -0.293.